The first-order valence-corrected chi connectivity index (χ1v) is 51.3. The maximum Gasteiger partial charge on any atom is 0.119 e. The first-order valence-electron chi connectivity index (χ1n) is 51.3. The number of aromatic nitrogens is 4. The van der Waals surface area contributed by atoms with Crippen LogP contribution < -0.4 is 18.9 Å². The summed E-state index contributed by atoms with van der Waals surface area (Å²) in [7, 11) is 0. The molecule has 12 heteroatoms. The summed E-state index contributed by atoms with van der Waals surface area (Å²) in [5.74, 6) is 3.46. The van der Waals surface area contributed by atoms with E-state index in [0.717, 1.165) is 164 Å². The predicted molar refractivity (Wildman–Crippen MR) is 536 cm³/mol. The number of fused-ring (bicyclic) bond motifs is 8. The third-order valence-electron chi connectivity index (χ3n) is 27.3. The molecule has 7 aromatic rings. The van der Waals surface area contributed by atoms with Gasteiger partial charge in [0.05, 0.1) is 154 Å². The largest absolute Gasteiger partial charge is 0.494 e. The van der Waals surface area contributed by atoms with E-state index in [1.807, 2.05) is 0 Å². The number of benzene rings is 4. The molecular formula is C112H174N8O4+4. The van der Waals surface area contributed by atoms with Crippen molar-refractivity contribution in [2.45, 2.75) is 314 Å². The minimum absolute atomic E-state index is 0.670. The Labute approximate surface area is 755 Å². The van der Waals surface area contributed by atoms with Crippen LogP contribution in [0, 0.1) is 0 Å². The molecule has 12 nitrogen and oxygen atoms in total. The van der Waals surface area contributed by atoms with Crippen LogP contribution in [-0.2, 0) is 0 Å². The van der Waals surface area contributed by atoms with Crippen LogP contribution in [0.5, 0.6) is 23.0 Å². The standard InChI is InChI=1S/C112H174N8O4/c1-13-25-69-117(70-26-14-2,71-27-15-3)81-41-37-45-85-121-97-57-49-53-93(89-97)109-101-61-63-103(113-101)110(94-54-50-58-98(90-94)122-86-46-38-42-82-118(72-28-16-4,73-29-17-5)74-30-18-6)105-65-67-107(115-105)112(96-56-52-60-100(92-96)124-88-48-40-44-84-120(78-34-22-10,79-35-23-11)80-36-24-12)108-68-66-106(116-108)111(104-64-62-102(109)114-104)95-55-51-59-99(91-95)123-87-47-39-43-83-119(75-31-19-7,76-32-20-8)77-33-21-9/h49-68,89-92,113,116H,13-48,69-88H2,1-12H3/q+4. The average molecular weight is 1700 g/mol. The number of H-pyrrole nitrogens is 2. The van der Waals surface area contributed by atoms with Crippen molar-refractivity contribution < 1.29 is 36.9 Å². The highest BCUT2D eigenvalue weighted by Gasteiger charge is 2.31. The Morgan fingerprint density at radius 2 is 0.387 bits per heavy atom. The normalized spacial score (nSPS) is 12.5. The highest BCUT2D eigenvalue weighted by atomic mass is 16.5. The fraction of sp³-hybridized carbons (Fsp3) is 0.607. The maximum atomic E-state index is 6.84. The van der Waals surface area contributed by atoms with Crippen LogP contribution in [0.1, 0.15) is 337 Å². The van der Waals surface area contributed by atoms with Gasteiger partial charge in [-0.3, -0.25) is 0 Å². The van der Waals surface area contributed by atoms with Crippen molar-refractivity contribution in [3.05, 3.63) is 144 Å². The summed E-state index contributed by atoms with van der Waals surface area (Å²) >= 11 is 0. The molecule has 0 aliphatic carbocycles. The first kappa shape index (κ1) is 100. The number of quaternary nitrogens is 4. The lowest BCUT2D eigenvalue weighted by Gasteiger charge is -2.39. The van der Waals surface area contributed by atoms with E-state index in [0.29, 0.717) is 26.4 Å². The summed E-state index contributed by atoms with van der Waals surface area (Å²) in [6.07, 6.45) is 53.4. The second-order valence-electron chi connectivity index (χ2n) is 37.4. The summed E-state index contributed by atoms with van der Waals surface area (Å²) in [4.78, 5) is 19.9. The van der Waals surface area contributed by atoms with E-state index in [1.165, 1.54) is 302 Å². The van der Waals surface area contributed by atoms with Gasteiger partial charge >= 0.3 is 0 Å². The van der Waals surface area contributed by atoms with Crippen molar-refractivity contribution in [3.63, 3.8) is 0 Å². The molecular weight excluding hydrogens is 1520 g/mol. The molecule has 2 N–H and O–H groups in total. The van der Waals surface area contributed by atoms with E-state index in [-0.39, 0.29) is 0 Å². The molecule has 0 spiro atoms. The molecule has 0 unspecified atom stereocenters. The molecule has 3 aromatic heterocycles. The molecule has 2 aliphatic rings. The number of hydrogen-bond acceptors (Lipinski definition) is 6. The van der Waals surface area contributed by atoms with Crippen LogP contribution in [0.15, 0.2) is 121 Å². The van der Waals surface area contributed by atoms with Gasteiger partial charge in [0.1, 0.15) is 23.0 Å². The van der Waals surface area contributed by atoms with Crippen LogP contribution >= 0.6 is 0 Å². The van der Waals surface area contributed by atoms with E-state index in [4.69, 9.17) is 28.9 Å². The smallest absolute Gasteiger partial charge is 0.119 e. The molecule has 9 rings (SSSR count). The Hall–Kier alpha value is -7.48. The van der Waals surface area contributed by atoms with Crippen molar-refractivity contribution in [2.75, 3.05) is 131 Å². The van der Waals surface area contributed by atoms with Crippen LogP contribution in [-0.4, -0.2) is 169 Å². The lowest BCUT2D eigenvalue weighted by Crippen LogP contribution is -2.50. The second-order valence-corrected chi connectivity index (χ2v) is 37.4. The van der Waals surface area contributed by atoms with Gasteiger partial charge in [0.2, 0.25) is 0 Å². The number of nitrogens with zero attached hydrogens (tertiary/aromatic N) is 6. The van der Waals surface area contributed by atoms with Crippen molar-refractivity contribution in [2.24, 2.45) is 0 Å². The molecule has 0 saturated heterocycles. The number of hydrogen-bond donors (Lipinski definition) is 2. The van der Waals surface area contributed by atoms with Crippen molar-refractivity contribution >= 4 is 46.4 Å². The quantitative estimate of drug-likeness (QED) is 0.0291. The van der Waals surface area contributed by atoms with E-state index >= 15 is 0 Å². The lowest BCUT2D eigenvalue weighted by molar-refractivity contribution is -0.929. The Morgan fingerprint density at radius 1 is 0.210 bits per heavy atom. The molecule has 0 radical (unpaired) electrons. The summed E-state index contributed by atoms with van der Waals surface area (Å²) in [5, 5.41) is 0. The average Bonchev–Trinajstić information content (AvgIpc) is 1.61. The van der Waals surface area contributed by atoms with Gasteiger partial charge in [0.15, 0.2) is 0 Å². The number of unbranched alkanes of at least 4 members (excludes halogenated alkanes) is 20. The Morgan fingerprint density at radius 3 is 0.565 bits per heavy atom. The number of nitrogens with one attached hydrogen (secondary N) is 2. The number of rotatable bonds is 68. The van der Waals surface area contributed by atoms with Crippen molar-refractivity contribution in [3.8, 4) is 67.5 Å². The fourth-order valence-corrected chi connectivity index (χ4v) is 19.7. The van der Waals surface area contributed by atoms with Crippen LogP contribution in [0.4, 0.5) is 0 Å². The number of ether oxygens (including phenoxy) is 4. The third kappa shape index (κ3) is 31.5. The summed E-state index contributed by atoms with van der Waals surface area (Å²) in [6, 6.07) is 44.1. The minimum Gasteiger partial charge on any atom is -0.494 e. The monoisotopic (exact) mass is 1700 g/mol. The van der Waals surface area contributed by atoms with Crippen molar-refractivity contribution in [1.29, 1.82) is 0 Å². The zero-order valence-electron chi connectivity index (χ0n) is 80.8. The van der Waals surface area contributed by atoms with Crippen LogP contribution in [0.3, 0.4) is 0 Å². The van der Waals surface area contributed by atoms with E-state index in [2.05, 4.69) is 239 Å². The van der Waals surface area contributed by atoms with Gasteiger partial charge < -0.3 is 46.8 Å². The Kier molecular flexibility index (Phi) is 45.3. The van der Waals surface area contributed by atoms with Gasteiger partial charge in [0, 0.05) is 44.3 Å². The SMILES string of the molecule is CCCC[N+](CCCC)(CCCC)CCCCCOc1cccc(-c2c3nc(c(-c4cccc(OCCCCC[N+](CCCC)(CCCC)CCCC)c4)c4ccc([nH]4)c(-c4cccc(OCCCCC[N+](CCCC)(CCCC)CCCC)c4)c4nc(c(-c5cccc(OCCCCC[N+](CCCC)(CCCC)CCCC)c5)c5ccc2[nH]5)C=C4)C=C3)c1. The lowest BCUT2D eigenvalue weighted by atomic mass is 10.0. The molecule has 0 fully saturated rings. The van der Waals surface area contributed by atoms with Crippen molar-refractivity contribution in [1.82, 2.24) is 19.9 Å². The summed E-state index contributed by atoms with van der Waals surface area (Å²) in [5.41, 5.74) is 15.3. The predicted octanol–water partition coefficient (Wildman–Crippen LogP) is 30.4. The van der Waals surface area contributed by atoms with Gasteiger partial charge in [-0.05, 0) is 273 Å². The minimum atomic E-state index is 0.670. The molecule has 8 bridgehead atoms. The summed E-state index contributed by atoms with van der Waals surface area (Å²) < 4.78 is 32.5. The highest BCUT2D eigenvalue weighted by molar-refractivity contribution is 6.00. The molecule has 682 valence electrons. The zero-order valence-corrected chi connectivity index (χ0v) is 80.8. The van der Waals surface area contributed by atoms with Gasteiger partial charge in [-0.2, -0.15) is 0 Å². The van der Waals surface area contributed by atoms with Gasteiger partial charge in [-0.25, -0.2) is 9.97 Å². The molecule has 124 heavy (non-hydrogen) atoms. The first-order chi connectivity index (χ1) is 60.8. The van der Waals surface area contributed by atoms with E-state index < -0.39 is 0 Å². The molecule has 0 amide bonds. The molecule has 0 saturated carbocycles. The topological polar surface area (TPSA) is 94.3 Å². The highest BCUT2D eigenvalue weighted by Crippen LogP contribution is 2.42. The third-order valence-corrected chi connectivity index (χ3v) is 27.3. The molecule has 4 aromatic carbocycles. The molecule has 5 heterocycles. The second kappa shape index (κ2) is 56.0. The molecule has 0 atom stereocenters. The van der Waals surface area contributed by atoms with E-state index in [9.17, 15) is 0 Å². The zero-order chi connectivity index (χ0) is 87.8. The molecule has 2 aliphatic heterocycles. The van der Waals surface area contributed by atoms with Crippen LogP contribution in [0.25, 0.3) is 90.9 Å². The fourth-order valence-electron chi connectivity index (χ4n) is 19.7. The number of aromatic amines is 2. The van der Waals surface area contributed by atoms with Gasteiger partial charge in [-0.1, -0.05) is 209 Å². The maximum absolute atomic E-state index is 6.84. The van der Waals surface area contributed by atoms with E-state index in [1.54, 1.807) is 0 Å². The Balaban J connectivity index is 1.14. The Bertz CT molecular complexity index is 3760. The van der Waals surface area contributed by atoms with Crippen LogP contribution in [0.2, 0.25) is 0 Å². The van der Waals surface area contributed by atoms with Gasteiger partial charge in [0.25, 0.3) is 0 Å². The van der Waals surface area contributed by atoms with Gasteiger partial charge in [-0.15, -0.1) is 0 Å². The summed E-state index contributed by atoms with van der Waals surface area (Å²) in [6.45, 7) is 51.7.